The molecule has 7 heteroatoms. The maximum Gasteiger partial charge on any atom is 0.307 e. The monoisotopic (exact) mass is 477 g/mol. The van der Waals surface area contributed by atoms with Crippen molar-refractivity contribution in [1.29, 1.82) is 0 Å². The Bertz CT molecular complexity index is 1120. The van der Waals surface area contributed by atoms with Crippen LogP contribution in [0.1, 0.15) is 33.5 Å². The van der Waals surface area contributed by atoms with Crippen LogP contribution in [0.25, 0.3) is 0 Å². The number of ether oxygens (including phenoxy) is 3. The van der Waals surface area contributed by atoms with E-state index in [4.69, 9.17) is 19.3 Å². The SMILES string of the molecule is COc1cc(C(=O)N(CCCc2ccccc2)Cc2cccc(CC(=O)O)c2)cc(OC)c1OC. The van der Waals surface area contributed by atoms with Gasteiger partial charge in [-0.05, 0) is 41.7 Å². The topological polar surface area (TPSA) is 85.3 Å². The van der Waals surface area contributed by atoms with Crippen LogP contribution in [0.4, 0.5) is 0 Å². The minimum absolute atomic E-state index is 0.0668. The standard InChI is InChI=1S/C28H31NO6/c1-33-24-17-23(18-25(34-2)27(24)35-3)28(32)29(14-8-13-20-9-5-4-6-10-20)19-22-12-7-11-21(15-22)16-26(30)31/h4-7,9-12,15,17-18H,8,13-14,16,19H2,1-3H3,(H,30,31). The van der Waals surface area contributed by atoms with Gasteiger partial charge in [-0.1, -0.05) is 54.6 Å². The molecule has 1 N–H and O–H groups in total. The van der Waals surface area contributed by atoms with Gasteiger partial charge in [-0.25, -0.2) is 0 Å². The predicted octanol–water partition coefficient (Wildman–Crippen LogP) is 4.61. The summed E-state index contributed by atoms with van der Waals surface area (Å²) in [4.78, 5) is 26.6. The van der Waals surface area contributed by atoms with E-state index in [9.17, 15) is 9.59 Å². The molecule has 0 unspecified atom stereocenters. The third kappa shape index (κ3) is 6.99. The summed E-state index contributed by atoms with van der Waals surface area (Å²) in [5.74, 6) is 0.158. The Morgan fingerprint density at radius 1 is 0.800 bits per heavy atom. The summed E-state index contributed by atoms with van der Waals surface area (Å²) in [5.41, 5.74) is 3.18. The zero-order valence-corrected chi connectivity index (χ0v) is 20.3. The summed E-state index contributed by atoms with van der Waals surface area (Å²) in [6.07, 6.45) is 1.54. The molecule has 0 spiro atoms. The van der Waals surface area contributed by atoms with Crippen molar-refractivity contribution >= 4 is 11.9 Å². The van der Waals surface area contributed by atoms with E-state index in [1.807, 2.05) is 36.4 Å². The van der Waals surface area contributed by atoms with Gasteiger partial charge in [-0.15, -0.1) is 0 Å². The molecule has 0 fully saturated rings. The molecule has 3 aromatic carbocycles. The van der Waals surface area contributed by atoms with Crippen molar-refractivity contribution in [3.63, 3.8) is 0 Å². The minimum Gasteiger partial charge on any atom is -0.493 e. The number of hydrogen-bond donors (Lipinski definition) is 1. The fourth-order valence-electron chi connectivity index (χ4n) is 3.99. The number of aliphatic carboxylic acids is 1. The second-order valence-electron chi connectivity index (χ2n) is 8.12. The number of methoxy groups -OCH3 is 3. The van der Waals surface area contributed by atoms with E-state index in [0.29, 0.717) is 41.5 Å². The van der Waals surface area contributed by atoms with Crippen molar-refractivity contribution in [2.75, 3.05) is 27.9 Å². The van der Waals surface area contributed by atoms with Crippen LogP contribution in [0.5, 0.6) is 17.2 Å². The fourth-order valence-corrected chi connectivity index (χ4v) is 3.99. The molecule has 1 amide bonds. The molecule has 0 atom stereocenters. The van der Waals surface area contributed by atoms with E-state index in [2.05, 4.69) is 12.1 Å². The van der Waals surface area contributed by atoms with Gasteiger partial charge in [0.2, 0.25) is 5.75 Å². The van der Waals surface area contributed by atoms with Gasteiger partial charge in [0.05, 0.1) is 27.8 Å². The summed E-state index contributed by atoms with van der Waals surface area (Å²) in [6, 6.07) is 20.7. The van der Waals surface area contributed by atoms with Crippen LogP contribution < -0.4 is 14.2 Å². The maximum absolute atomic E-state index is 13.7. The van der Waals surface area contributed by atoms with Gasteiger partial charge < -0.3 is 24.2 Å². The zero-order valence-electron chi connectivity index (χ0n) is 20.3. The normalized spacial score (nSPS) is 10.5. The van der Waals surface area contributed by atoms with Crippen LogP contribution in [0, 0.1) is 0 Å². The molecule has 0 aromatic heterocycles. The van der Waals surface area contributed by atoms with E-state index < -0.39 is 5.97 Å². The molecule has 0 saturated carbocycles. The number of carbonyl (C=O) groups is 2. The molecule has 35 heavy (non-hydrogen) atoms. The van der Waals surface area contributed by atoms with Crippen LogP contribution in [0.2, 0.25) is 0 Å². The molecule has 0 aliphatic heterocycles. The molecule has 3 rings (SSSR count). The van der Waals surface area contributed by atoms with E-state index in [1.165, 1.54) is 26.9 Å². The molecule has 0 saturated heterocycles. The third-order valence-electron chi connectivity index (χ3n) is 5.66. The lowest BCUT2D eigenvalue weighted by Crippen LogP contribution is -2.32. The molecule has 0 aliphatic rings. The largest absolute Gasteiger partial charge is 0.493 e. The van der Waals surface area contributed by atoms with Crippen LogP contribution in [-0.4, -0.2) is 49.8 Å². The number of benzene rings is 3. The summed E-state index contributed by atoms with van der Waals surface area (Å²) in [7, 11) is 4.54. The molecule has 0 radical (unpaired) electrons. The Labute approximate surface area is 205 Å². The summed E-state index contributed by atoms with van der Waals surface area (Å²) in [5, 5.41) is 9.14. The first-order chi connectivity index (χ1) is 16.9. The number of rotatable bonds is 12. The first-order valence-corrected chi connectivity index (χ1v) is 11.4. The van der Waals surface area contributed by atoms with E-state index in [-0.39, 0.29) is 12.3 Å². The first-order valence-electron chi connectivity index (χ1n) is 11.4. The van der Waals surface area contributed by atoms with E-state index >= 15 is 0 Å². The van der Waals surface area contributed by atoms with Crippen molar-refractivity contribution in [2.45, 2.75) is 25.8 Å². The number of carboxylic acid groups (broad SMARTS) is 1. The fraction of sp³-hybridized carbons (Fsp3) is 0.286. The highest BCUT2D eigenvalue weighted by Gasteiger charge is 2.21. The zero-order chi connectivity index (χ0) is 25.2. The van der Waals surface area contributed by atoms with E-state index in [0.717, 1.165) is 18.4 Å². The molecule has 0 aliphatic carbocycles. The Hall–Kier alpha value is -4.00. The smallest absolute Gasteiger partial charge is 0.307 e. The van der Waals surface area contributed by atoms with Gasteiger partial charge in [0.15, 0.2) is 11.5 Å². The van der Waals surface area contributed by atoms with Crippen molar-refractivity contribution in [2.24, 2.45) is 0 Å². The summed E-state index contributed by atoms with van der Waals surface area (Å²) in [6.45, 7) is 0.866. The minimum atomic E-state index is -0.893. The number of nitrogens with zero attached hydrogens (tertiary/aromatic N) is 1. The van der Waals surface area contributed by atoms with Crippen molar-refractivity contribution in [3.8, 4) is 17.2 Å². The molecule has 0 heterocycles. The average molecular weight is 478 g/mol. The van der Waals surface area contributed by atoms with Crippen molar-refractivity contribution in [1.82, 2.24) is 4.90 Å². The van der Waals surface area contributed by atoms with Crippen LogP contribution in [0.15, 0.2) is 66.7 Å². The Balaban J connectivity index is 1.88. The van der Waals surface area contributed by atoms with Crippen LogP contribution >= 0.6 is 0 Å². The second kappa shape index (κ2) is 12.5. The van der Waals surface area contributed by atoms with Crippen LogP contribution in [0.3, 0.4) is 0 Å². The number of amides is 1. The number of carboxylic acids is 1. The predicted molar refractivity (Wildman–Crippen MR) is 133 cm³/mol. The van der Waals surface area contributed by atoms with Gasteiger partial charge in [0.1, 0.15) is 0 Å². The summed E-state index contributed by atoms with van der Waals surface area (Å²) < 4.78 is 16.2. The molecular weight excluding hydrogens is 446 g/mol. The molecule has 0 bridgehead atoms. The van der Waals surface area contributed by atoms with Gasteiger partial charge in [0.25, 0.3) is 5.91 Å². The Kier molecular flexibility index (Phi) is 9.12. The highest BCUT2D eigenvalue weighted by atomic mass is 16.5. The van der Waals surface area contributed by atoms with Crippen LogP contribution in [-0.2, 0) is 24.2 Å². The molecule has 3 aromatic rings. The Morgan fingerprint density at radius 3 is 2.03 bits per heavy atom. The lowest BCUT2D eigenvalue weighted by Gasteiger charge is -2.24. The van der Waals surface area contributed by atoms with Gasteiger partial charge in [-0.3, -0.25) is 9.59 Å². The molecule has 184 valence electrons. The quantitative estimate of drug-likeness (QED) is 0.410. The van der Waals surface area contributed by atoms with Gasteiger partial charge in [0, 0.05) is 18.7 Å². The highest BCUT2D eigenvalue weighted by molar-refractivity contribution is 5.95. The number of hydrogen-bond acceptors (Lipinski definition) is 5. The lowest BCUT2D eigenvalue weighted by atomic mass is 10.1. The van der Waals surface area contributed by atoms with E-state index in [1.54, 1.807) is 23.1 Å². The van der Waals surface area contributed by atoms with Gasteiger partial charge in [-0.2, -0.15) is 0 Å². The number of carbonyl (C=O) groups excluding carboxylic acids is 1. The average Bonchev–Trinajstić information content (AvgIpc) is 2.87. The first kappa shape index (κ1) is 25.6. The second-order valence-corrected chi connectivity index (χ2v) is 8.12. The lowest BCUT2D eigenvalue weighted by molar-refractivity contribution is -0.136. The van der Waals surface area contributed by atoms with Crippen molar-refractivity contribution < 1.29 is 28.9 Å². The maximum atomic E-state index is 13.7. The third-order valence-corrected chi connectivity index (χ3v) is 5.66. The number of aryl methyl sites for hydroxylation is 1. The Morgan fingerprint density at radius 2 is 1.43 bits per heavy atom. The highest BCUT2D eigenvalue weighted by Crippen LogP contribution is 2.38. The van der Waals surface area contributed by atoms with Crippen molar-refractivity contribution in [3.05, 3.63) is 89.0 Å². The molecular formula is C28H31NO6. The van der Waals surface area contributed by atoms with Gasteiger partial charge >= 0.3 is 5.97 Å². The molecule has 7 nitrogen and oxygen atoms in total. The summed E-state index contributed by atoms with van der Waals surface area (Å²) >= 11 is 0.